The van der Waals surface area contributed by atoms with Crippen molar-refractivity contribution in [3.8, 4) is 11.4 Å². The van der Waals surface area contributed by atoms with Gasteiger partial charge in [-0.25, -0.2) is 9.48 Å². The van der Waals surface area contributed by atoms with Crippen LogP contribution in [0.2, 0.25) is 0 Å². The van der Waals surface area contributed by atoms with E-state index in [1.54, 1.807) is 6.07 Å². The lowest BCUT2D eigenvalue weighted by Gasteiger charge is -2.40. The normalized spacial score (nSPS) is 16.6. The quantitative estimate of drug-likeness (QED) is 0.887. The first-order valence-corrected chi connectivity index (χ1v) is 8.19. The number of hydrogen-bond acceptors (Lipinski definition) is 5. The van der Waals surface area contributed by atoms with Gasteiger partial charge in [-0.05, 0) is 30.4 Å². The first kappa shape index (κ1) is 17.0. The Morgan fingerprint density at radius 3 is 2.56 bits per heavy atom. The SMILES string of the molecule is CC1(C)CCCN(c2ccccc2-n2cc(O)c(=O)c(C(=O)O)n2)C1. The topological polar surface area (TPSA) is 95.7 Å². The van der Waals surface area contributed by atoms with Crippen LogP contribution < -0.4 is 10.3 Å². The summed E-state index contributed by atoms with van der Waals surface area (Å²) >= 11 is 0. The maximum absolute atomic E-state index is 11.7. The van der Waals surface area contributed by atoms with Crippen LogP contribution in [0.25, 0.3) is 5.69 Å². The summed E-state index contributed by atoms with van der Waals surface area (Å²) in [5.41, 5.74) is 0.00531. The third-order valence-electron chi connectivity index (χ3n) is 4.47. The van der Waals surface area contributed by atoms with Crippen LogP contribution in [-0.4, -0.2) is 39.1 Å². The zero-order valence-electron chi connectivity index (χ0n) is 14.3. The van der Waals surface area contributed by atoms with Crippen LogP contribution in [0.5, 0.6) is 5.75 Å². The molecule has 1 aliphatic rings. The molecule has 0 spiro atoms. The minimum Gasteiger partial charge on any atom is -0.503 e. The average Bonchev–Trinajstić information content (AvgIpc) is 2.56. The lowest BCUT2D eigenvalue weighted by Crippen LogP contribution is -2.40. The smallest absolute Gasteiger partial charge is 0.360 e. The van der Waals surface area contributed by atoms with Gasteiger partial charge in [0, 0.05) is 13.1 Å². The zero-order chi connectivity index (χ0) is 18.2. The molecule has 0 unspecified atom stereocenters. The van der Waals surface area contributed by atoms with Crippen LogP contribution in [0.4, 0.5) is 5.69 Å². The summed E-state index contributed by atoms with van der Waals surface area (Å²) in [5.74, 6) is -2.10. The fourth-order valence-electron chi connectivity index (χ4n) is 3.30. The van der Waals surface area contributed by atoms with Crippen molar-refractivity contribution in [3.05, 3.63) is 46.4 Å². The van der Waals surface area contributed by atoms with E-state index in [4.69, 9.17) is 5.11 Å². The van der Waals surface area contributed by atoms with Gasteiger partial charge in [0.05, 0.1) is 17.6 Å². The molecular formula is C18H21N3O4. The second-order valence-electron chi connectivity index (χ2n) is 7.12. The number of aromatic hydroxyl groups is 1. The molecule has 1 aromatic carbocycles. The van der Waals surface area contributed by atoms with E-state index in [2.05, 4.69) is 23.8 Å². The van der Waals surface area contributed by atoms with E-state index in [0.717, 1.165) is 37.8 Å². The molecule has 2 aromatic rings. The molecule has 0 atom stereocenters. The van der Waals surface area contributed by atoms with Gasteiger partial charge in [-0.1, -0.05) is 26.0 Å². The molecule has 0 bridgehead atoms. The van der Waals surface area contributed by atoms with Gasteiger partial charge < -0.3 is 15.1 Å². The van der Waals surface area contributed by atoms with Crippen molar-refractivity contribution in [1.29, 1.82) is 0 Å². The van der Waals surface area contributed by atoms with Crippen molar-refractivity contribution >= 4 is 11.7 Å². The predicted molar refractivity (Wildman–Crippen MR) is 93.7 cm³/mol. The summed E-state index contributed by atoms with van der Waals surface area (Å²) in [6.07, 6.45) is 3.36. The highest BCUT2D eigenvalue weighted by Gasteiger charge is 2.28. The zero-order valence-corrected chi connectivity index (χ0v) is 14.3. The summed E-state index contributed by atoms with van der Waals surface area (Å²) in [4.78, 5) is 25.2. The Morgan fingerprint density at radius 1 is 1.24 bits per heavy atom. The largest absolute Gasteiger partial charge is 0.503 e. The van der Waals surface area contributed by atoms with Crippen molar-refractivity contribution in [2.45, 2.75) is 26.7 Å². The highest BCUT2D eigenvalue weighted by atomic mass is 16.4. The number of benzene rings is 1. The molecule has 1 saturated heterocycles. The Kier molecular flexibility index (Phi) is 4.24. The summed E-state index contributed by atoms with van der Waals surface area (Å²) < 4.78 is 1.26. The van der Waals surface area contributed by atoms with E-state index >= 15 is 0 Å². The first-order valence-electron chi connectivity index (χ1n) is 8.19. The summed E-state index contributed by atoms with van der Waals surface area (Å²) in [5, 5.41) is 22.9. The van der Waals surface area contributed by atoms with Gasteiger partial charge in [0.1, 0.15) is 0 Å². The Morgan fingerprint density at radius 2 is 1.92 bits per heavy atom. The number of piperidine rings is 1. The number of anilines is 1. The van der Waals surface area contributed by atoms with Crippen LogP contribution in [-0.2, 0) is 0 Å². The molecule has 0 radical (unpaired) electrons. The van der Waals surface area contributed by atoms with Crippen molar-refractivity contribution in [2.24, 2.45) is 5.41 Å². The molecule has 0 saturated carbocycles. The van der Waals surface area contributed by atoms with Crippen molar-refractivity contribution in [2.75, 3.05) is 18.0 Å². The third kappa shape index (κ3) is 3.35. The highest BCUT2D eigenvalue weighted by molar-refractivity contribution is 5.85. The lowest BCUT2D eigenvalue weighted by molar-refractivity contribution is 0.0686. The van der Waals surface area contributed by atoms with E-state index in [0.29, 0.717) is 5.69 Å². The molecule has 7 nitrogen and oxygen atoms in total. The summed E-state index contributed by atoms with van der Waals surface area (Å²) in [6, 6.07) is 7.44. The molecule has 3 rings (SSSR count). The number of hydrogen-bond donors (Lipinski definition) is 2. The molecule has 0 aliphatic carbocycles. The molecule has 25 heavy (non-hydrogen) atoms. The summed E-state index contributed by atoms with van der Waals surface area (Å²) in [6.45, 7) is 6.18. The number of rotatable bonds is 3. The second-order valence-corrected chi connectivity index (χ2v) is 7.12. The number of para-hydroxylation sites is 2. The van der Waals surface area contributed by atoms with E-state index in [-0.39, 0.29) is 5.41 Å². The van der Waals surface area contributed by atoms with Gasteiger partial charge in [0.2, 0.25) is 5.69 Å². The minimum atomic E-state index is -1.47. The van der Waals surface area contributed by atoms with Gasteiger partial charge in [-0.3, -0.25) is 4.79 Å². The fourth-order valence-corrected chi connectivity index (χ4v) is 3.30. The highest BCUT2D eigenvalue weighted by Crippen LogP contribution is 2.34. The summed E-state index contributed by atoms with van der Waals surface area (Å²) in [7, 11) is 0. The van der Waals surface area contributed by atoms with Gasteiger partial charge >= 0.3 is 5.97 Å². The van der Waals surface area contributed by atoms with Crippen molar-refractivity contribution in [1.82, 2.24) is 9.78 Å². The number of nitrogens with zero attached hydrogens (tertiary/aromatic N) is 3. The average molecular weight is 343 g/mol. The molecule has 2 heterocycles. The van der Waals surface area contributed by atoms with Gasteiger partial charge in [0.25, 0.3) is 5.43 Å². The molecule has 132 valence electrons. The van der Waals surface area contributed by atoms with E-state index < -0.39 is 22.8 Å². The molecule has 7 heteroatoms. The fraction of sp³-hybridized carbons (Fsp3) is 0.389. The van der Waals surface area contributed by atoms with Crippen LogP contribution in [0.15, 0.2) is 35.3 Å². The van der Waals surface area contributed by atoms with Crippen LogP contribution in [0, 0.1) is 5.41 Å². The molecule has 2 N–H and O–H groups in total. The van der Waals surface area contributed by atoms with Crippen LogP contribution in [0.1, 0.15) is 37.2 Å². The molecular weight excluding hydrogens is 322 g/mol. The second kappa shape index (κ2) is 6.23. The Bertz CT molecular complexity index is 873. The number of carbonyl (C=O) groups is 1. The maximum Gasteiger partial charge on any atom is 0.360 e. The van der Waals surface area contributed by atoms with Crippen LogP contribution >= 0.6 is 0 Å². The number of carboxylic acids is 1. The number of aromatic carboxylic acids is 1. The third-order valence-corrected chi connectivity index (χ3v) is 4.47. The van der Waals surface area contributed by atoms with Gasteiger partial charge in [0.15, 0.2) is 5.75 Å². The number of aromatic nitrogens is 2. The maximum atomic E-state index is 11.7. The standard InChI is InChI=1S/C18H21N3O4/c1-18(2)8-5-9-20(11-18)12-6-3-4-7-13(12)21-10-14(22)16(23)15(19-21)17(24)25/h3-4,6-7,10,22H,5,8-9,11H2,1-2H3,(H,24,25). The van der Waals surface area contributed by atoms with E-state index in [1.807, 2.05) is 18.2 Å². The Hall–Kier alpha value is -2.83. The molecule has 1 fully saturated rings. The first-order chi connectivity index (χ1) is 11.8. The molecule has 1 aromatic heterocycles. The van der Waals surface area contributed by atoms with Gasteiger partial charge in [-0.2, -0.15) is 5.10 Å². The number of carboxylic acid groups (broad SMARTS) is 1. The van der Waals surface area contributed by atoms with Crippen molar-refractivity contribution in [3.63, 3.8) is 0 Å². The van der Waals surface area contributed by atoms with Crippen LogP contribution in [0.3, 0.4) is 0 Å². The minimum absolute atomic E-state index is 0.177. The Balaban J connectivity index is 2.11. The predicted octanol–water partition coefficient (Wildman–Crippen LogP) is 2.26. The van der Waals surface area contributed by atoms with Gasteiger partial charge in [-0.15, -0.1) is 0 Å². The Labute approximate surface area is 145 Å². The monoisotopic (exact) mass is 343 g/mol. The molecule has 0 amide bonds. The van der Waals surface area contributed by atoms with E-state index in [9.17, 15) is 14.7 Å². The van der Waals surface area contributed by atoms with Crippen molar-refractivity contribution < 1.29 is 15.0 Å². The lowest BCUT2D eigenvalue weighted by atomic mass is 9.84. The van der Waals surface area contributed by atoms with E-state index in [1.165, 1.54) is 4.68 Å². The molecule has 1 aliphatic heterocycles.